The van der Waals surface area contributed by atoms with Crippen LogP contribution in [0.15, 0.2) is 48.6 Å². The molecule has 0 spiro atoms. The minimum atomic E-state index is -0.551. The van der Waals surface area contributed by atoms with Gasteiger partial charge in [0.15, 0.2) is 6.10 Å². The highest BCUT2D eigenvalue weighted by Crippen LogP contribution is 2.09. The first-order chi connectivity index (χ1) is 19.6. The van der Waals surface area contributed by atoms with E-state index < -0.39 is 6.10 Å². The van der Waals surface area contributed by atoms with Gasteiger partial charge in [0.2, 0.25) is 0 Å². The number of hydrogen-bond acceptors (Lipinski definition) is 5. The summed E-state index contributed by atoms with van der Waals surface area (Å²) >= 11 is 0. The van der Waals surface area contributed by atoms with Crippen molar-refractivity contribution >= 4 is 11.9 Å². The van der Waals surface area contributed by atoms with Crippen LogP contribution in [-0.4, -0.2) is 37.9 Å². The fraction of sp³-hybridized carbons (Fsp3) is 0.714. The fourth-order valence-electron chi connectivity index (χ4n) is 3.99. The Morgan fingerprint density at radius 1 is 0.575 bits per heavy atom. The summed E-state index contributed by atoms with van der Waals surface area (Å²) in [6.07, 6.45) is 34.3. The van der Waals surface area contributed by atoms with Gasteiger partial charge in [-0.15, -0.1) is 0 Å². The number of hydrogen-bond donors (Lipinski definition) is 0. The lowest BCUT2D eigenvalue weighted by Crippen LogP contribution is -2.30. The third kappa shape index (κ3) is 28.9. The molecule has 0 aromatic heterocycles. The lowest BCUT2D eigenvalue weighted by atomic mass is 10.1. The summed E-state index contributed by atoms with van der Waals surface area (Å²) in [5.41, 5.74) is 0. The Morgan fingerprint density at radius 2 is 1.12 bits per heavy atom. The van der Waals surface area contributed by atoms with Crippen molar-refractivity contribution < 1.29 is 23.8 Å². The maximum absolute atomic E-state index is 12.3. The van der Waals surface area contributed by atoms with Crippen LogP contribution in [-0.2, 0) is 23.8 Å². The standard InChI is InChI=1S/C35H60O5/c1-4-7-10-13-15-16-17-18-19-20-21-23-25-28-34(36)39-32-33(31-38-30-27-24-14-11-8-5-2)40-35(37)29-26-22-12-9-6-3/h7,10,15-16,18-19,21,23,33H,4-6,8-9,11-14,17,20,22,24-32H2,1-3H3/b10-7-,16-15-,19-18-,23-21-. The van der Waals surface area contributed by atoms with Gasteiger partial charge in [0.05, 0.1) is 6.61 Å². The zero-order valence-electron chi connectivity index (χ0n) is 26.1. The predicted molar refractivity (Wildman–Crippen MR) is 168 cm³/mol. The summed E-state index contributed by atoms with van der Waals surface area (Å²) in [7, 11) is 0. The summed E-state index contributed by atoms with van der Waals surface area (Å²) in [5.74, 6) is -0.514. The van der Waals surface area contributed by atoms with E-state index in [0.29, 0.717) is 25.9 Å². The molecular formula is C35H60O5. The second kappa shape index (κ2) is 31.4. The molecule has 0 rings (SSSR count). The number of unbranched alkanes of at least 4 members (excludes halogenated alkanes) is 9. The number of ether oxygens (including phenoxy) is 3. The van der Waals surface area contributed by atoms with Crippen molar-refractivity contribution in [1.82, 2.24) is 0 Å². The summed E-state index contributed by atoms with van der Waals surface area (Å²) in [4.78, 5) is 24.6. The second-order valence-corrected chi connectivity index (χ2v) is 10.3. The molecule has 1 unspecified atom stereocenters. The lowest BCUT2D eigenvalue weighted by molar-refractivity contribution is -0.162. The highest BCUT2D eigenvalue weighted by molar-refractivity contribution is 5.70. The van der Waals surface area contributed by atoms with Gasteiger partial charge in [-0.3, -0.25) is 9.59 Å². The summed E-state index contributed by atoms with van der Waals surface area (Å²) < 4.78 is 16.8. The molecule has 0 aliphatic heterocycles. The SMILES string of the molecule is CC/C=C\C/C=C\C/C=C\C/C=C\CCC(=O)OCC(COCCCCCCCC)OC(=O)CCCCCCC. The number of carbonyl (C=O) groups is 2. The molecular weight excluding hydrogens is 500 g/mol. The Balaban J connectivity index is 4.26. The zero-order valence-corrected chi connectivity index (χ0v) is 26.1. The Morgan fingerprint density at radius 3 is 1.75 bits per heavy atom. The van der Waals surface area contributed by atoms with Gasteiger partial charge < -0.3 is 14.2 Å². The molecule has 230 valence electrons. The molecule has 0 aromatic rings. The molecule has 0 radical (unpaired) electrons. The number of esters is 2. The molecule has 0 aromatic carbocycles. The average Bonchev–Trinajstić information content (AvgIpc) is 2.95. The molecule has 0 aliphatic rings. The van der Waals surface area contributed by atoms with E-state index in [1.165, 1.54) is 38.5 Å². The maximum atomic E-state index is 12.3. The van der Waals surface area contributed by atoms with Crippen LogP contribution in [0.1, 0.15) is 136 Å². The van der Waals surface area contributed by atoms with E-state index in [9.17, 15) is 9.59 Å². The molecule has 40 heavy (non-hydrogen) atoms. The minimum absolute atomic E-state index is 0.0467. The van der Waals surface area contributed by atoms with Gasteiger partial charge in [0, 0.05) is 19.4 Å². The van der Waals surface area contributed by atoms with E-state index in [1.807, 2.05) is 6.08 Å². The molecule has 0 saturated heterocycles. The number of carbonyl (C=O) groups excluding carboxylic acids is 2. The van der Waals surface area contributed by atoms with E-state index >= 15 is 0 Å². The van der Waals surface area contributed by atoms with Crippen molar-refractivity contribution in [2.24, 2.45) is 0 Å². The first-order valence-corrected chi connectivity index (χ1v) is 16.2. The molecule has 0 bridgehead atoms. The van der Waals surface area contributed by atoms with Gasteiger partial charge in [-0.25, -0.2) is 0 Å². The van der Waals surface area contributed by atoms with E-state index in [1.54, 1.807) is 0 Å². The highest BCUT2D eigenvalue weighted by Gasteiger charge is 2.17. The third-order valence-electron chi connectivity index (χ3n) is 6.39. The topological polar surface area (TPSA) is 61.8 Å². The Kier molecular flexibility index (Phi) is 29.7. The van der Waals surface area contributed by atoms with Crippen LogP contribution in [0.4, 0.5) is 0 Å². The summed E-state index contributed by atoms with van der Waals surface area (Å²) in [5, 5.41) is 0. The van der Waals surface area contributed by atoms with Crippen molar-refractivity contribution in [2.75, 3.05) is 19.8 Å². The van der Waals surface area contributed by atoms with Crippen LogP contribution < -0.4 is 0 Å². The molecule has 0 heterocycles. The Hall–Kier alpha value is -2.14. The van der Waals surface area contributed by atoms with Crippen LogP contribution in [0.3, 0.4) is 0 Å². The molecule has 0 aliphatic carbocycles. The quantitative estimate of drug-likeness (QED) is 0.0541. The smallest absolute Gasteiger partial charge is 0.306 e. The lowest BCUT2D eigenvalue weighted by Gasteiger charge is -2.18. The van der Waals surface area contributed by atoms with Crippen molar-refractivity contribution in [2.45, 2.75) is 142 Å². The van der Waals surface area contributed by atoms with E-state index in [-0.39, 0.29) is 25.2 Å². The van der Waals surface area contributed by atoms with Gasteiger partial charge in [-0.2, -0.15) is 0 Å². The molecule has 0 amide bonds. The first-order valence-electron chi connectivity index (χ1n) is 16.2. The number of rotatable bonds is 28. The highest BCUT2D eigenvalue weighted by atomic mass is 16.6. The monoisotopic (exact) mass is 560 g/mol. The molecule has 5 nitrogen and oxygen atoms in total. The van der Waals surface area contributed by atoms with Gasteiger partial charge in [0.1, 0.15) is 6.61 Å². The van der Waals surface area contributed by atoms with Crippen molar-refractivity contribution in [3.05, 3.63) is 48.6 Å². The van der Waals surface area contributed by atoms with Crippen LogP contribution in [0, 0.1) is 0 Å². The molecule has 1 atom stereocenters. The number of allylic oxidation sites excluding steroid dienone is 8. The van der Waals surface area contributed by atoms with Crippen LogP contribution in [0.2, 0.25) is 0 Å². The van der Waals surface area contributed by atoms with Crippen LogP contribution in [0.25, 0.3) is 0 Å². The van der Waals surface area contributed by atoms with E-state index in [2.05, 4.69) is 63.3 Å². The minimum Gasteiger partial charge on any atom is -0.462 e. The summed E-state index contributed by atoms with van der Waals surface area (Å²) in [6.45, 7) is 7.48. The van der Waals surface area contributed by atoms with Gasteiger partial charge in [-0.1, -0.05) is 127 Å². The maximum Gasteiger partial charge on any atom is 0.306 e. The van der Waals surface area contributed by atoms with Gasteiger partial charge in [0.25, 0.3) is 0 Å². The Labute approximate surface area is 246 Å². The summed E-state index contributed by atoms with van der Waals surface area (Å²) in [6, 6.07) is 0. The molecule has 0 saturated carbocycles. The molecule has 0 fully saturated rings. The van der Waals surface area contributed by atoms with Crippen LogP contribution >= 0.6 is 0 Å². The largest absolute Gasteiger partial charge is 0.462 e. The van der Waals surface area contributed by atoms with Crippen molar-refractivity contribution in [3.63, 3.8) is 0 Å². The third-order valence-corrected chi connectivity index (χ3v) is 6.39. The zero-order chi connectivity index (χ0) is 29.4. The molecule has 5 heteroatoms. The molecule has 0 N–H and O–H groups in total. The van der Waals surface area contributed by atoms with E-state index in [0.717, 1.165) is 57.8 Å². The predicted octanol–water partition coefficient (Wildman–Crippen LogP) is 9.76. The van der Waals surface area contributed by atoms with Gasteiger partial charge >= 0.3 is 11.9 Å². The Bertz CT molecular complexity index is 692. The van der Waals surface area contributed by atoms with Crippen LogP contribution in [0.5, 0.6) is 0 Å². The average molecular weight is 561 g/mol. The van der Waals surface area contributed by atoms with Crippen molar-refractivity contribution in [3.8, 4) is 0 Å². The first kappa shape index (κ1) is 37.9. The van der Waals surface area contributed by atoms with Crippen molar-refractivity contribution in [1.29, 1.82) is 0 Å². The van der Waals surface area contributed by atoms with E-state index in [4.69, 9.17) is 14.2 Å². The fourth-order valence-corrected chi connectivity index (χ4v) is 3.99. The second-order valence-electron chi connectivity index (χ2n) is 10.3. The normalized spacial score (nSPS) is 12.8. The van der Waals surface area contributed by atoms with Gasteiger partial charge in [-0.05, 0) is 44.9 Å².